The molecule has 19 heavy (non-hydrogen) atoms. The number of carbonyl (C=O) groups is 1. The zero-order valence-electron chi connectivity index (χ0n) is 10.8. The second-order valence-electron chi connectivity index (χ2n) is 4.77. The second-order valence-corrected chi connectivity index (χ2v) is 4.77. The first-order valence-electron chi connectivity index (χ1n) is 5.76. The number of aromatic nitrogens is 3. The topological polar surface area (TPSA) is 88.1 Å². The van der Waals surface area contributed by atoms with E-state index in [1.54, 1.807) is 20.0 Å². The van der Waals surface area contributed by atoms with Gasteiger partial charge in [0.25, 0.3) is 0 Å². The summed E-state index contributed by atoms with van der Waals surface area (Å²) in [6, 6.07) is 0. The molecule has 2 rings (SSSR count). The van der Waals surface area contributed by atoms with Gasteiger partial charge in [0.1, 0.15) is 18.6 Å². The molecule has 0 amide bonds. The molecule has 0 atom stereocenters. The number of rotatable bonds is 5. The zero-order chi connectivity index (χ0) is 14.0. The molecule has 6 heteroatoms. The van der Waals surface area contributed by atoms with Crippen LogP contribution in [0.15, 0.2) is 25.2 Å². The van der Waals surface area contributed by atoms with Crippen LogP contribution >= 0.6 is 0 Å². The van der Waals surface area contributed by atoms with Gasteiger partial charge >= 0.3 is 0 Å². The van der Waals surface area contributed by atoms with Gasteiger partial charge in [0.2, 0.25) is 5.88 Å². The maximum absolute atomic E-state index is 11.7. The summed E-state index contributed by atoms with van der Waals surface area (Å²) >= 11 is 0. The number of allylic oxidation sites excluding steroid dienone is 1. The van der Waals surface area contributed by atoms with Gasteiger partial charge < -0.3 is 14.8 Å². The van der Waals surface area contributed by atoms with E-state index in [0.717, 1.165) is 0 Å². The number of nitrogens with zero attached hydrogens (tertiary/aromatic N) is 2. The van der Waals surface area contributed by atoms with Gasteiger partial charge in [-0.1, -0.05) is 6.58 Å². The van der Waals surface area contributed by atoms with Crippen LogP contribution in [-0.4, -0.2) is 38.0 Å². The lowest BCUT2D eigenvalue weighted by Crippen LogP contribution is -2.28. The van der Waals surface area contributed by atoms with Gasteiger partial charge in [0.05, 0.1) is 16.6 Å². The van der Waals surface area contributed by atoms with Crippen LogP contribution in [-0.2, 0) is 0 Å². The quantitative estimate of drug-likeness (QED) is 0.628. The highest BCUT2D eigenvalue weighted by Gasteiger charge is 2.19. The van der Waals surface area contributed by atoms with E-state index in [2.05, 4.69) is 21.5 Å². The first kappa shape index (κ1) is 13.2. The molecule has 0 unspecified atom stereocenters. The lowest BCUT2D eigenvalue weighted by atomic mass is 10.1. The molecule has 0 aliphatic carbocycles. The fourth-order valence-corrected chi connectivity index (χ4v) is 1.59. The molecule has 0 aromatic carbocycles. The van der Waals surface area contributed by atoms with Gasteiger partial charge in [0, 0.05) is 6.20 Å². The van der Waals surface area contributed by atoms with Crippen molar-refractivity contribution in [1.29, 1.82) is 0 Å². The highest BCUT2D eigenvalue weighted by atomic mass is 16.5. The fourth-order valence-electron chi connectivity index (χ4n) is 1.59. The molecule has 2 aromatic rings. The van der Waals surface area contributed by atoms with E-state index < -0.39 is 5.60 Å². The summed E-state index contributed by atoms with van der Waals surface area (Å²) in [5.41, 5.74) is -0.0850. The Morgan fingerprint density at radius 3 is 2.95 bits per heavy atom. The number of nitrogens with one attached hydrogen (secondary N) is 1. The van der Waals surface area contributed by atoms with Crippen molar-refractivity contribution in [2.75, 3.05) is 6.61 Å². The molecule has 100 valence electrons. The molecule has 0 radical (unpaired) electrons. The van der Waals surface area contributed by atoms with Crippen molar-refractivity contribution in [3.63, 3.8) is 0 Å². The normalized spacial score (nSPS) is 11.5. The fraction of sp³-hybridized carbons (Fsp3) is 0.308. The number of H-pyrrole nitrogens is 1. The van der Waals surface area contributed by atoms with E-state index in [-0.39, 0.29) is 18.3 Å². The molecule has 6 nitrogen and oxygen atoms in total. The van der Waals surface area contributed by atoms with Crippen molar-refractivity contribution in [3.05, 3.63) is 30.7 Å². The number of hydrogen-bond donors (Lipinski definition) is 2. The Bertz CT molecular complexity index is 626. The minimum absolute atomic E-state index is 0.0615. The Hall–Kier alpha value is -2.21. The van der Waals surface area contributed by atoms with Crippen molar-refractivity contribution >= 4 is 16.8 Å². The lowest BCUT2D eigenvalue weighted by molar-refractivity contribution is 0.0274. The Balaban J connectivity index is 2.45. The van der Waals surface area contributed by atoms with Crippen molar-refractivity contribution in [2.24, 2.45) is 0 Å². The third kappa shape index (κ3) is 2.79. The van der Waals surface area contributed by atoms with E-state index in [1.165, 1.54) is 12.4 Å². The Morgan fingerprint density at radius 2 is 2.32 bits per heavy atom. The molecule has 0 bridgehead atoms. The van der Waals surface area contributed by atoms with Crippen LogP contribution < -0.4 is 4.74 Å². The van der Waals surface area contributed by atoms with E-state index in [1.807, 2.05) is 0 Å². The number of aliphatic hydroxyl groups is 1. The number of aromatic amines is 1. The number of ether oxygens (including phenoxy) is 1. The highest BCUT2D eigenvalue weighted by molar-refractivity contribution is 6.13. The van der Waals surface area contributed by atoms with Crippen LogP contribution in [0, 0.1) is 0 Å². The first-order chi connectivity index (χ1) is 8.92. The summed E-state index contributed by atoms with van der Waals surface area (Å²) in [6.07, 6.45) is 4.09. The van der Waals surface area contributed by atoms with E-state index >= 15 is 0 Å². The maximum atomic E-state index is 11.7. The molecule has 0 spiro atoms. The van der Waals surface area contributed by atoms with Crippen LogP contribution in [0.3, 0.4) is 0 Å². The molecule has 0 saturated heterocycles. The zero-order valence-corrected chi connectivity index (χ0v) is 10.8. The van der Waals surface area contributed by atoms with Crippen molar-refractivity contribution in [1.82, 2.24) is 15.0 Å². The number of ketones is 1. The standard InChI is InChI=1S/C13H15N3O3/c1-4-9(17)8-5-14-11-10(8)12(16-7-15-11)19-6-13(2,3)18/h4-5,7,18H,1,6H2,2-3H3,(H,14,15,16). The van der Waals surface area contributed by atoms with Gasteiger partial charge in [-0.3, -0.25) is 4.79 Å². The molecule has 0 aliphatic rings. The average molecular weight is 261 g/mol. The van der Waals surface area contributed by atoms with Crippen LogP contribution in [0.25, 0.3) is 11.0 Å². The number of hydrogen-bond acceptors (Lipinski definition) is 5. The second kappa shape index (κ2) is 4.81. The van der Waals surface area contributed by atoms with Gasteiger partial charge in [-0.2, -0.15) is 0 Å². The predicted molar refractivity (Wildman–Crippen MR) is 70.2 cm³/mol. The van der Waals surface area contributed by atoms with Crippen LogP contribution in [0.2, 0.25) is 0 Å². The van der Waals surface area contributed by atoms with Gasteiger partial charge in [-0.05, 0) is 19.9 Å². The molecular formula is C13H15N3O3. The SMILES string of the molecule is C=CC(=O)c1c[nH]c2ncnc(OCC(C)(C)O)c12. The first-order valence-corrected chi connectivity index (χ1v) is 5.76. The summed E-state index contributed by atoms with van der Waals surface area (Å²) in [7, 11) is 0. The molecule has 0 aliphatic heterocycles. The third-order valence-electron chi connectivity index (χ3n) is 2.45. The van der Waals surface area contributed by atoms with Crippen molar-refractivity contribution < 1.29 is 14.6 Å². The van der Waals surface area contributed by atoms with Gasteiger partial charge in [-0.25, -0.2) is 9.97 Å². The number of carbonyl (C=O) groups excluding carboxylic acids is 1. The predicted octanol–water partition coefficient (Wildman–Crippen LogP) is 1.48. The van der Waals surface area contributed by atoms with Gasteiger partial charge in [0.15, 0.2) is 5.78 Å². The molecule has 2 N–H and O–H groups in total. The summed E-state index contributed by atoms with van der Waals surface area (Å²) in [5, 5.41) is 10.2. The van der Waals surface area contributed by atoms with Crippen LogP contribution in [0.5, 0.6) is 5.88 Å². The Labute approximate surface area is 110 Å². The van der Waals surface area contributed by atoms with Crippen molar-refractivity contribution in [3.8, 4) is 5.88 Å². The summed E-state index contributed by atoms with van der Waals surface area (Å²) in [5.74, 6) is 0.0210. The monoisotopic (exact) mass is 261 g/mol. The average Bonchev–Trinajstić information content (AvgIpc) is 2.78. The summed E-state index contributed by atoms with van der Waals surface area (Å²) < 4.78 is 5.47. The van der Waals surface area contributed by atoms with Crippen LogP contribution in [0.4, 0.5) is 0 Å². The third-order valence-corrected chi connectivity index (χ3v) is 2.45. The summed E-state index contributed by atoms with van der Waals surface area (Å²) in [4.78, 5) is 22.7. The van der Waals surface area contributed by atoms with E-state index in [4.69, 9.17) is 4.74 Å². The maximum Gasteiger partial charge on any atom is 0.226 e. The summed E-state index contributed by atoms with van der Waals surface area (Å²) in [6.45, 7) is 6.76. The highest BCUT2D eigenvalue weighted by Crippen LogP contribution is 2.26. The molecular weight excluding hydrogens is 246 g/mol. The Kier molecular flexibility index (Phi) is 3.35. The molecule has 0 fully saturated rings. The molecule has 2 aromatic heterocycles. The Morgan fingerprint density at radius 1 is 1.58 bits per heavy atom. The lowest BCUT2D eigenvalue weighted by Gasteiger charge is -2.17. The van der Waals surface area contributed by atoms with E-state index in [9.17, 15) is 9.90 Å². The minimum atomic E-state index is -0.990. The molecule has 0 saturated carbocycles. The van der Waals surface area contributed by atoms with E-state index in [0.29, 0.717) is 16.6 Å². The minimum Gasteiger partial charge on any atom is -0.474 e. The smallest absolute Gasteiger partial charge is 0.226 e. The number of fused-ring (bicyclic) bond motifs is 1. The molecule has 2 heterocycles. The van der Waals surface area contributed by atoms with Crippen molar-refractivity contribution in [2.45, 2.75) is 19.4 Å². The largest absolute Gasteiger partial charge is 0.474 e. The van der Waals surface area contributed by atoms with Crippen LogP contribution in [0.1, 0.15) is 24.2 Å². The van der Waals surface area contributed by atoms with Gasteiger partial charge in [-0.15, -0.1) is 0 Å².